The molecule has 2 N–H and O–H groups in total. The standard InChI is InChI=1S/C17H21ClN4O2S/c1-10(17(2,3)4)21-22-16-20-15(24)13(25-16)9-14(23)19-12-7-5-6-11(18)8-12/h5-8,13H,9H2,1-4H3,(H,19,23)(H,20,22,24)/t13-/m0/s1. The predicted molar refractivity (Wildman–Crippen MR) is 104 cm³/mol. The Morgan fingerprint density at radius 3 is 2.76 bits per heavy atom. The zero-order valence-corrected chi connectivity index (χ0v) is 16.2. The summed E-state index contributed by atoms with van der Waals surface area (Å²) in [6.07, 6.45) is 0.0456. The maximum Gasteiger partial charge on any atom is 0.240 e. The first-order valence-corrected chi connectivity index (χ1v) is 9.06. The molecule has 2 amide bonds. The summed E-state index contributed by atoms with van der Waals surface area (Å²) >= 11 is 7.09. The number of nitrogens with zero attached hydrogens (tertiary/aromatic N) is 2. The monoisotopic (exact) mass is 380 g/mol. The molecular weight excluding hydrogens is 360 g/mol. The molecule has 1 aliphatic heterocycles. The number of anilines is 1. The molecule has 0 bridgehead atoms. The molecule has 1 aromatic rings. The van der Waals surface area contributed by atoms with Gasteiger partial charge in [-0.25, -0.2) is 0 Å². The van der Waals surface area contributed by atoms with Gasteiger partial charge in [-0.05, 0) is 25.1 Å². The van der Waals surface area contributed by atoms with E-state index in [1.807, 2.05) is 27.7 Å². The molecule has 2 rings (SSSR count). The number of benzene rings is 1. The average Bonchev–Trinajstić information content (AvgIpc) is 2.83. The van der Waals surface area contributed by atoms with E-state index >= 15 is 0 Å². The van der Waals surface area contributed by atoms with Gasteiger partial charge in [-0.3, -0.25) is 9.59 Å². The van der Waals surface area contributed by atoms with Crippen molar-refractivity contribution in [2.45, 2.75) is 39.4 Å². The highest BCUT2D eigenvalue weighted by molar-refractivity contribution is 8.15. The van der Waals surface area contributed by atoms with Gasteiger partial charge < -0.3 is 10.6 Å². The van der Waals surface area contributed by atoms with Crippen LogP contribution in [0.5, 0.6) is 0 Å². The SMILES string of the molecule is CC(=NN=C1NC(=O)[C@H](CC(=O)Nc2cccc(Cl)c2)S1)C(C)(C)C. The van der Waals surface area contributed by atoms with Gasteiger partial charge in [0, 0.05) is 28.3 Å². The molecule has 0 aromatic heterocycles. The quantitative estimate of drug-likeness (QED) is 0.617. The highest BCUT2D eigenvalue weighted by atomic mass is 35.5. The van der Waals surface area contributed by atoms with Crippen LogP contribution in [0, 0.1) is 5.41 Å². The summed E-state index contributed by atoms with van der Waals surface area (Å²) in [5.41, 5.74) is 1.37. The normalized spacial score (nSPS) is 19.9. The number of amides is 2. The van der Waals surface area contributed by atoms with E-state index < -0.39 is 5.25 Å². The molecule has 25 heavy (non-hydrogen) atoms. The molecule has 1 fully saturated rings. The molecule has 0 unspecified atom stereocenters. The van der Waals surface area contributed by atoms with Gasteiger partial charge >= 0.3 is 0 Å². The second kappa shape index (κ2) is 8.01. The van der Waals surface area contributed by atoms with Gasteiger partial charge in [-0.2, -0.15) is 5.10 Å². The van der Waals surface area contributed by atoms with Gasteiger partial charge in [0.25, 0.3) is 0 Å². The largest absolute Gasteiger partial charge is 0.326 e. The van der Waals surface area contributed by atoms with Crippen LogP contribution >= 0.6 is 23.4 Å². The van der Waals surface area contributed by atoms with E-state index in [9.17, 15) is 9.59 Å². The van der Waals surface area contributed by atoms with Gasteiger partial charge in [0.2, 0.25) is 11.8 Å². The molecule has 6 nitrogen and oxygen atoms in total. The zero-order chi connectivity index (χ0) is 18.6. The number of hydrogen-bond acceptors (Lipinski definition) is 5. The average molecular weight is 381 g/mol. The lowest BCUT2D eigenvalue weighted by Crippen LogP contribution is -2.28. The Bertz CT molecular complexity index is 740. The van der Waals surface area contributed by atoms with Crippen molar-refractivity contribution in [3.63, 3.8) is 0 Å². The molecule has 1 heterocycles. The van der Waals surface area contributed by atoms with E-state index in [0.717, 1.165) is 5.71 Å². The van der Waals surface area contributed by atoms with E-state index in [0.29, 0.717) is 15.9 Å². The van der Waals surface area contributed by atoms with E-state index in [1.165, 1.54) is 11.8 Å². The Labute approximate surface area is 156 Å². The fourth-order valence-electron chi connectivity index (χ4n) is 1.80. The molecule has 0 spiro atoms. The van der Waals surface area contributed by atoms with E-state index in [1.54, 1.807) is 24.3 Å². The lowest BCUT2D eigenvalue weighted by molar-refractivity contribution is -0.122. The van der Waals surface area contributed by atoms with Crippen molar-refractivity contribution in [3.05, 3.63) is 29.3 Å². The number of halogens is 1. The van der Waals surface area contributed by atoms with Crippen LogP contribution in [0.3, 0.4) is 0 Å². The molecule has 0 radical (unpaired) electrons. The third kappa shape index (κ3) is 5.86. The van der Waals surface area contributed by atoms with E-state index in [2.05, 4.69) is 20.8 Å². The first kappa shape index (κ1) is 19.5. The Balaban J connectivity index is 1.95. The van der Waals surface area contributed by atoms with Crippen LogP contribution in [-0.4, -0.2) is 27.9 Å². The minimum atomic E-state index is -0.525. The predicted octanol–water partition coefficient (Wildman–Crippen LogP) is 3.68. The van der Waals surface area contributed by atoms with Crippen LogP contribution in [0.2, 0.25) is 5.02 Å². The van der Waals surface area contributed by atoms with Crippen LogP contribution in [0.25, 0.3) is 0 Å². The van der Waals surface area contributed by atoms with E-state index in [4.69, 9.17) is 11.6 Å². The second-order valence-electron chi connectivity index (χ2n) is 6.70. The minimum Gasteiger partial charge on any atom is -0.326 e. The molecule has 1 aliphatic rings. The summed E-state index contributed by atoms with van der Waals surface area (Å²) in [4.78, 5) is 24.1. The zero-order valence-electron chi connectivity index (χ0n) is 14.6. The highest BCUT2D eigenvalue weighted by Gasteiger charge is 2.32. The van der Waals surface area contributed by atoms with Crippen molar-refractivity contribution in [2.24, 2.45) is 15.6 Å². The summed E-state index contributed by atoms with van der Waals surface area (Å²) in [5.74, 6) is -0.501. The topological polar surface area (TPSA) is 82.9 Å². The Morgan fingerprint density at radius 1 is 1.40 bits per heavy atom. The van der Waals surface area contributed by atoms with Crippen molar-refractivity contribution in [1.29, 1.82) is 0 Å². The summed E-state index contributed by atoms with van der Waals surface area (Å²) in [6, 6.07) is 6.86. The molecule has 134 valence electrons. The highest BCUT2D eigenvalue weighted by Crippen LogP contribution is 2.24. The maximum absolute atomic E-state index is 12.1. The lowest BCUT2D eigenvalue weighted by Gasteiger charge is -2.16. The second-order valence-corrected chi connectivity index (χ2v) is 8.33. The Kier molecular flexibility index (Phi) is 6.24. The number of carbonyl (C=O) groups excluding carboxylic acids is 2. The van der Waals surface area contributed by atoms with Gasteiger partial charge in [-0.15, -0.1) is 5.10 Å². The van der Waals surface area contributed by atoms with Crippen LogP contribution < -0.4 is 10.6 Å². The van der Waals surface area contributed by atoms with Crippen LogP contribution in [-0.2, 0) is 9.59 Å². The van der Waals surface area contributed by atoms with Crippen molar-refractivity contribution in [2.75, 3.05) is 5.32 Å². The third-order valence-corrected chi connectivity index (χ3v) is 4.94. The Hall–Kier alpha value is -1.86. The van der Waals surface area contributed by atoms with Crippen molar-refractivity contribution in [3.8, 4) is 0 Å². The van der Waals surface area contributed by atoms with Gasteiger partial charge in [0.05, 0.1) is 0 Å². The number of rotatable bonds is 4. The smallest absolute Gasteiger partial charge is 0.240 e. The molecule has 1 aromatic carbocycles. The lowest BCUT2D eigenvalue weighted by atomic mass is 9.91. The van der Waals surface area contributed by atoms with Gasteiger partial charge in [0.1, 0.15) is 5.25 Å². The molecule has 0 aliphatic carbocycles. The summed E-state index contributed by atoms with van der Waals surface area (Å²) in [6.45, 7) is 8.00. The summed E-state index contributed by atoms with van der Waals surface area (Å²) in [5, 5.41) is 14.0. The first-order valence-electron chi connectivity index (χ1n) is 7.81. The Morgan fingerprint density at radius 2 is 2.12 bits per heavy atom. The number of amidine groups is 1. The fourth-order valence-corrected chi connectivity index (χ4v) is 2.91. The molecule has 0 saturated carbocycles. The molecule has 8 heteroatoms. The van der Waals surface area contributed by atoms with Crippen molar-refractivity contribution < 1.29 is 9.59 Å². The maximum atomic E-state index is 12.1. The third-order valence-electron chi connectivity index (χ3n) is 3.63. The minimum absolute atomic E-state index is 0.0456. The van der Waals surface area contributed by atoms with Gasteiger partial charge in [0.15, 0.2) is 5.17 Å². The number of thioether (sulfide) groups is 1. The molecular formula is C17H21ClN4O2S. The first-order chi connectivity index (χ1) is 11.6. The van der Waals surface area contributed by atoms with Crippen molar-refractivity contribution >= 4 is 51.7 Å². The summed E-state index contributed by atoms with van der Waals surface area (Å²) < 4.78 is 0. The number of hydrogen-bond donors (Lipinski definition) is 2. The molecule has 1 atom stereocenters. The van der Waals surface area contributed by atoms with Crippen LogP contribution in [0.15, 0.2) is 34.5 Å². The fraction of sp³-hybridized carbons (Fsp3) is 0.412. The van der Waals surface area contributed by atoms with Crippen LogP contribution in [0.4, 0.5) is 5.69 Å². The van der Waals surface area contributed by atoms with Crippen molar-refractivity contribution in [1.82, 2.24) is 5.32 Å². The number of carbonyl (C=O) groups is 2. The van der Waals surface area contributed by atoms with E-state index in [-0.39, 0.29) is 23.7 Å². The van der Waals surface area contributed by atoms with Gasteiger partial charge in [-0.1, -0.05) is 50.2 Å². The number of nitrogens with one attached hydrogen (secondary N) is 2. The molecule has 1 saturated heterocycles. The van der Waals surface area contributed by atoms with Crippen LogP contribution in [0.1, 0.15) is 34.1 Å². The summed E-state index contributed by atoms with van der Waals surface area (Å²) in [7, 11) is 0.